The summed E-state index contributed by atoms with van der Waals surface area (Å²) >= 11 is 7.30. The van der Waals surface area contributed by atoms with Crippen molar-refractivity contribution in [2.75, 3.05) is 10.6 Å². The number of rotatable bonds is 2. The number of halogens is 1. The van der Waals surface area contributed by atoms with Crippen LogP contribution in [-0.2, 0) is 9.59 Å². The molecule has 0 bridgehead atoms. The molecule has 1 heterocycles. The van der Waals surface area contributed by atoms with Gasteiger partial charge in [0.2, 0.25) is 0 Å². The van der Waals surface area contributed by atoms with Gasteiger partial charge in [0.25, 0.3) is 0 Å². The topological polar surface area (TPSA) is 71.1 Å². The van der Waals surface area contributed by atoms with Crippen LogP contribution < -0.4 is 10.6 Å². The minimum absolute atomic E-state index is 0.372. The van der Waals surface area contributed by atoms with E-state index in [1.807, 2.05) is 19.9 Å². The lowest BCUT2D eigenvalue weighted by Crippen LogP contribution is -2.29. The summed E-state index contributed by atoms with van der Waals surface area (Å²) < 4.78 is 0. The molecule has 2 rings (SSSR count). The van der Waals surface area contributed by atoms with Crippen molar-refractivity contribution in [3.63, 3.8) is 0 Å². The molecule has 0 spiro atoms. The number of hydrogen-bond donors (Lipinski definition) is 2. The third kappa shape index (κ3) is 3.34. The third-order valence-corrected chi connectivity index (χ3v) is 3.52. The van der Waals surface area contributed by atoms with Crippen molar-refractivity contribution in [1.29, 1.82) is 0 Å². The monoisotopic (exact) mass is 309 g/mol. The van der Waals surface area contributed by atoms with Crippen LogP contribution in [0.25, 0.3) is 0 Å². The lowest BCUT2D eigenvalue weighted by Gasteiger charge is -2.11. The van der Waals surface area contributed by atoms with Gasteiger partial charge >= 0.3 is 11.8 Å². The quantitative estimate of drug-likeness (QED) is 0.838. The highest BCUT2D eigenvalue weighted by molar-refractivity contribution is 7.13. The number of hydrogen-bond acceptors (Lipinski definition) is 4. The van der Waals surface area contributed by atoms with E-state index < -0.39 is 11.8 Å². The highest BCUT2D eigenvalue weighted by Gasteiger charge is 2.17. The van der Waals surface area contributed by atoms with Crippen LogP contribution >= 0.6 is 22.9 Å². The van der Waals surface area contributed by atoms with E-state index in [0.717, 1.165) is 11.1 Å². The molecule has 0 fully saturated rings. The molecule has 104 valence electrons. The summed E-state index contributed by atoms with van der Waals surface area (Å²) in [6.45, 7) is 3.72. The first-order chi connectivity index (χ1) is 9.47. The molecular weight excluding hydrogens is 298 g/mol. The van der Waals surface area contributed by atoms with Gasteiger partial charge in [0, 0.05) is 11.6 Å². The minimum atomic E-state index is -0.783. The maximum absolute atomic E-state index is 11.8. The van der Waals surface area contributed by atoms with Crippen molar-refractivity contribution >= 4 is 45.6 Å². The standard InChI is InChI=1S/C13H12ClN3O2S/c1-7-5-8(2)10(9(14)6-7)16-11(18)12(19)17-13-15-3-4-20-13/h3-6H,1-2H3,(H,16,18)(H,15,17,19). The first-order valence-electron chi connectivity index (χ1n) is 5.76. The fourth-order valence-corrected chi connectivity index (χ4v) is 2.58. The first kappa shape index (κ1) is 14.5. The number of carbonyl (C=O) groups excluding carboxylic acids is 2. The van der Waals surface area contributed by atoms with E-state index in [1.165, 1.54) is 11.3 Å². The largest absolute Gasteiger partial charge is 0.316 e. The Kier molecular flexibility index (Phi) is 4.36. The molecule has 0 radical (unpaired) electrons. The Balaban J connectivity index is 2.10. The zero-order valence-electron chi connectivity index (χ0n) is 10.9. The zero-order valence-corrected chi connectivity index (χ0v) is 12.4. The molecular formula is C13H12ClN3O2S. The Hall–Kier alpha value is -1.92. The molecule has 2 N–H and O–H groups in total. The summed E-state index contributed by atoms with van der Waals surface area (Å²) in [5, 5.41) is 7.39. The van der Waals surface area contributed by atoms with Crippen LogP contribution in [0.1, 0.15) is 11.1 Å². The molecule has 0 saturated heterocycles. The van der Waals surface area contributed by atoms with E-state index in [4.69, 9.17) is 11.6 Å². The Bertz CT molecular complexity index is 633. The Morgan fingerprint density at radius 3 is 2.50 bits per heavy atom. The second kappa shape index (κ2) is 6.02. The van der Waals surface area contributed by atoms with E-state index in [0.29, 0.717) is 15.8 Å². The summed E-state index contributed by atoms with van der Waals surface area (Å²) in [5.74, 6) is -1.56. The molecule has 0 aliphatic heterocycles. The van der Waals surface area contributed by atoms with Gasteiger partial charge in [-0.15, -0.1) is 11.3 Å². The van der Waals surface area contributed by atoms with Crippen LogP contribution in [0.3, 0.4) is 0 Å². The summed E-state index contributed by atoms with van der Waals surface area (Å²) in [6, 6.07) is 3.60. The number of anilines is 2. The maximum atomic E-state index is 11.8. The number of amides is 2. The lowest BCUT2D eigenvalue weighted by molar-refractivity contribution is -0.133. The number of carbonyl (C=O) groups is 2. The molecule has 0 saturated carbocycles. The highest BCUT2D eigenvalue weighted by atomic mass is 35.5. The second-order valence-electron chi connectivity index (χ2n) is 4.18. The van der Waals surface area contributed by atoms with Crippen molar-refractivity contribution in [2.24, 2.45) is 0 Å². The van der Waals surface area contributed by atoms with Crippen LogP contribution in [0.2, 0.25) is 5.02 Å². The number of benzene rings is 1. The smallest absolute Gasteiger partial charge is 0.315 e. The van der Waals surface area contributed by atoms with E-state index in [1.54, 1.807) is 17.6 Å². The van der Waals surface area contributed by atoms with Crippen LogP contribution in [0, 0.1) is 13.8 Å². The highest BCUT2D eigenvalue weighted by Crippen LogP contribution is 2.27. The third-order valence-electron chi connectivity index (χ3n) is 2.53. The zero-order chi connectivity index (χ0) is 14.7. The summed E-state index contributed by atoms with van der Waals surface area (Å²) in [4.78, 5) is 27.4. The van der Waals surface area contributed by atoms with Gasteiger partial charge in [-0.1, -0.05) is 17.7 Å². The van der Waals surface area contributed by atoms with Gasteiger partial charge in [-0.3, -0.25) is 14.9 Å². The van der Waals surface area contributed by atoms with Crippen LogP contribution in [0.15, 0.2) is 23.7 Å². The molecule has 0 aliphatic carbocycles. The number of nitrogens with one attached hydrogen (secondary N) is 2. The molecule has 1 aromatic carbocycles. The second-order valence-corrected chi connectivity index (χ2v) is 5.49. The average molecular weight is 310 g/mol. The van der Waals surface area contributed by atoms with E-state index in [2.05, 4.69) is 15.6 Å². The van der Waals surface area contributed by atoms with Crippen molar-refractivity contribution in [3.05, 3.63) is 39.9 Å². The molecule has 0 atom stereocenters. The van der Waals surface area contributed by atoms with Crippen LogP contribution in [-0.4, -0.2) is 16.8 Å². The number of aryl methyl sites for hydroxylation is 2. The van der Waals surface area contributed by atoms with Crippen molar-refractivity contribution < 1.29 is 9.59 Å². The van der Waals surface area contributed by atoms with E-state index in [9.17, 15) is 9.59 Å². The predicted octanol–water partition coefficient (Wildman–Crippen LogP) is 2.99. The SMILES string of the molecule is Cc1cc(C)c(NC(=O)C(=O)Nc2nccs2)c(Cl)c1. The average Bonchev–Trinajstić information content (AvgIpc) is 2.86. The van der Waals surface area contributed by atoms with Gasteiger partial charge in [-0.2, -0.15) is 0 Å². The molecule has 0 unspecified atom stereocenters. The molecule has 5 nitrogen and oxygen atoms in total. The van der Waals surface area contributed by atoms with Gasteiger partial charge in [0.05, 0.1) is 10.7 Å². The molecule has 0 aliphatic rings. The fraction of sp³-hybridized carbons (Fsp3) is 0.154. The van der Waals surface area contributed by atoms with Crippen molar-refractivity contribution in [3.8, 4) is 0 Å². The van der Waals surface area contributed by atoms with Gasteiger partial charge in [0.1, 0.15) is 0 Å². The minimum Gasteiger partial charge on any atom is -0.316 e. The number of thiazole rings is 1. The Labute approximate surface area is 125 Å². The van der Waals surface area contributed by atoms with Gasteiger partial charge in [-0.25, -0.2) is 4.98 Å². The molecule has 1 aromatic heterocycles. The molecule has 20 heavy (non-hydrogen) atoms. The number of nitrogens with zero attached hydrogens (tertiary/aromatic N) is 1. The molecule has 2 amide bonds. The van der Waals surface area contributed by atoms with Gasteiger partial charge in [0.15, 0.2) is 5.13 Å². The summed E-state index contributed by atoms with van der Waals surface area (Å²) in [7, 11) is 0. The summed E-state index contributed by atoms with van der Waals surface area (Å²) in [6.07, 6.45) is 1.54. The Morgan fingerprint density at radius 2 is 1.90 bits per heavy atom. The first-order valence-corrected chi connectivity index (χ1v) is 7.01. The summed E-state index contributed by atoms with van der Waals surface area (Å²) in [5.41, 5.74) is 2.22. The van der Waals surface area contributed by atoms with E-state index >= 15 is 0 Å². The lowest BCUT2D eigenvalue weighted by atomic mass is 10.1. The van der Waals surface area contributed by atoms with Gasteiger partial charge < -0.3 is 5.32 Å². The molecule has 2 aromatic rings. The normalized spacial score (nSPS) is 10.2. The Morgan fingerprint density at radius 1 is 1.20 bits per heavy atom. The van der Waals surface area contributed by atoms with Crippen LogP contribution in [0.4, 0.5) is 10.8 Å². The number of aromatic nitrogens is 1. The van der Waals surface area contributed by atoms with Gasteiger partial charge in [-0.05, 0) is 31.0 Å². The predicted molar refractivity (Wildman–Crippen MR) is 80.3 cm³/mol. The maximum Gasteiger partial charge on any atom is 0.315 e. The molecule has 7 heteroatoms. The fourth-order valence-electron chi connectivity index (χ4n) is 1.68. The van der Waals surface area contributed by atoms with Crippen molar-refractivity contribution in [2.45, 2.75) is 13.8 Å². The van der Waals surface area contributed by atoms with Crippen molar-refractivity contribution in [1.82, 2.24) is 4.98 Å². The van der Waals surface area contributed by atoms with E-state index in [-0.39, 0.29) is 0 Å². The van der Waals surface area contributed by atoms with Crippen LogP contribution in [0.5, 0.6) is 0 Å².